The van der Waals surface area contributed by atoms with Crippen LogP contribution in [0.4, 0.5) is 0 Å². The lowest BCUT2D eigenvalue weighted by Gasteiger charge is -2.42. The minimum Gasteiger partial charge on any atom is -0.314 e. The van der Waals surface area contributed by atoms with Crippen LogP contribution in [0.3, 0.4) is 0 Å². The Bertz CT molecular complexity index is 62.6. The third kappa shape index (κ3) is 0.469. The summed E-state index contributed by atoms with van der Waals surface area (Å²) < 4.78 is 0. The summed E-state index contributed by atoms with van der Waals surface area (Å²) in [6, 6.07) is 1.64. The van der Waals surface area contributed by atoms with Gasteiger partial charge in [0.25, 0.3) is 0 Å². The Labute approximate surface area is 43.3 Å². The Kier molecular flexibility index (Phi) is 0.664. The van der Waals surface area contributed by atoms with Gasteiger partial charge in [-0.3, -0.25) is 0 Å². The van der Waals surface area contributed by atoms with Crippen molar-refractivity contribution in [2.75, 3.05) is 13.1 Å². The molecule has 7 heavy (non-hydrogen) atoms. The van der Waals surface area contributed by atoms with E-state index in [0.717, 1.165) is 12.1 Å². The molecule has 0 aromatic carbocycles. The molecule has 2 heteroatoms. The first kappa shape index (κ1) is 3.87. The first-order chi connectivity index (χ1) is 3.45. The highest BCUT2D eigenvalue weighted by Crippen LogP contribution is 2.13. The summed E-state index contributed by atoms with van der Waals surface area (Å²) in [6.45, 7) is 2.38. The Morgan fingerprint density at radius 1 is 1.14 bits per heavy atom. The third-order valence-electron chi connectivity index (χ3n) is 1.82. The number of piperazine rings is 1. The Morgan fingerprint density at radius 3 is 1.86 bits per heavy atom. The van der Waals surface area contributed by atoms with Crippen molar-refractivity contribution in [1.82, 2.24) is 10.6 Å². The van der Waals surface area contributed by atoms with Crippen molar-refractivity contribution in [2.24, 2.45) is 0 Å². The number of hydrogen-bond acceptors (Lipinski definition) is 2. The van der Waals surface area contributed by atoms with Crippen LogP contribution in [0.2, 0.25) is 0 Å². The molecule has 2 bridgehead atoms. The molecule has 2 nitrogen and oxygen atoms in total. The standard InChI is InChI=1S/C5H10N2/c1-4-2-6-3-5(1)7-4/h4-7H,1-3H2/t4-,5-/m0/s1. The smallest absolute Gasteiger partial charge is 0.0210 e. The molecule has 0 aromatic rings. The van der Waals surface area contributed by atoms with E-state index in [-0.39, 0.29) is 0 Å². The number of piperidine rings is 1. The fourth-order valence-corrected chi connectivity index (χ4v) is 1.37. The van der Waals surface area contributed by atoms with Gasteiger partial charge in [0, 0.05) is 25.2 Å². The predicted molar refractivity (Wildman–Crippen MR) is 28.2 cm³/mol. The highest BCUT2D eigenvalue weighted by atomic mass is 15.1. The largest absolute Gasteiger partial charge is 0.314 e. The van der Waals surface area contributed by atoms with Crippen LogP contribution in [0, 0.1) is 0 Å². The van der Waals surface area contributed by atoms with Crippen LogP contribution in [0.15, 0.2) is 0 Å². The maximum absolute atomic E-state index is 3.42. The molecule has 2 atom stereocenters. The number of hydrogen-bond donors (Lipinski definition) is 2. The molecule has 0 aliphatic carbocycles. The molecule has 0 amide bonds. The normalized spacial score (nSPS) is 48.0. The predicted octanol–water partition coefficient (Wildman–Crippen LogP) is -0.680. The molecule has 2 N–H and O–H groups in total. The van der Waals surface area contributed by atoms with Gasteiger partial charge in [-0.2, -0.15) is 0 Å². The lowest BCUT2D eigenvalue weighted by atomic mass is 9.93. The summed E-state index contributed by atoms with van der Waals surface area (Å²) in [4.78, 5) is 0. The van der Waals surface area contributed by atoms with Gasteiger partial charge in [0.15, 0.2) is 0 Å². The number of rotatable bonds is 0. The van der Waals surface area contributed by atoms with E-state index in [1.807, 2.05) is 0 Å². The highest BCUT2D eigenvalue weighted by Gasteiger charge is 2.31. The van der Waals surface area contributed by atoms with Gasteiger partial charge in [-0.1, -0.05) is 0 Å². The summed E-state index contributed by atoms with van der Waals surface area (Å²) in [5.41, 5.74) is 0. The number of nitrogens with one attached hydrogen (secondary N) is 2. The minimum absolute atomic E-state index is 0.818. The monoisotopic (exact) mass is 98.1 g/mol. The second kappa shape index (κ2) is 1.20. The first-order valence-corrected chi connectivity index (χ1v) is 2.92. The Morgan fingerprint density at radius 2 is 1.71 bits per heavy atom. The highest BCUT2D eigenvalue weighted by molar-refractivity contribution is 4.95. The van der Waals surface area contributed by atoms with Gasteiger partial charge in [-0.05, 0) is 6.42 Å². The summed E-state index contributed by atoms with van der Waals surface area (Å²) in [7, 11) is 0. The van der Waals surface area contributed by atoms with Gasteiger partial charge in [0.2, 0.25) is 0 Å². The van der Waals surface area contributed by atoms with Gasteiger partial charge in [-0.25, -0.2) is 0 Å². The SMILES string of the molecule is C1NC[C@@H]2C[C@@H]1N2. The average molecular weight is 98.1 g/mol. The second-order valence-corrected chi connectivity index (χ2v) is 2.45. The van der Waals surface area contributed by atoms with E-state index >= 15 is 0 Å². The Balaban J connectivity index is 1.99. The van der Waals surface area contributed by atoms with Crippen molar-refractivity contribution >= 4 is 0 Å². The minimum atomic E-state index is 0.818. The second-order valence-electron chi connectivity index (χ2n) is 2.45. The lowest BCUT2D eigenvalue weighted by Crippen LogP contribution is -2.65. The van der Waals surface area contributed by atoms with Crippen molar-refractivity contribution < 1.29 is 0 Å². The van der Waals surface area contributed by atoms with Gasteiger partial charge >= 0.3 is 0 Å². The molecule has 0 saturated carbocycles. The van der Waals surface area contributed by atoms with E-state index in [9.17, 15) is 0 Å². The van der Waals surface area contributed by atoms with Crippen LogP contribution in [0.25, 0.3) is 0 Å². The summed E-state index contributed by atoms with van der Waals surface area (Å²) in [5, 5.41) is 6.74. The van der Waals surface area contributed by atoms with Gasteiger partial charge in [-0.15, -0.1) is 0 Å². The van der Waals surface area contributed by atoms with Crippen LogP contribution in [-0.4, -0.2) is 25.2 Å². The molecule has 3 saturated heterocycles. The summed E-state index contributed by atoms with van der Waals surface area (Å²) in [6.07, 6.45) is 1.41. The molecular formula is C5H10N2. The van der Waals surface area contributed by atoms with Crippen LogP contribution >= 0.6 is 0 Å². The van der Waals surface area contributed by atoms with Crippen molar-refractivity contribution in [1.29, 1.82) is 0 Å². The molecule has 0 radical (unpaired) electrons. The molecule has 3 heterocycles. The van der Waals surface area contributed by atoms with E-state index < -0.39 is 0 Å². The fourth-order valence-electron chi connectivity index (χ4n) is 1.37. The van der Waals surface area contributed by atoms with E-state index in [0.29, 0.717) is 0 Å². The summed E-state index contributed by atoms with van der Waals surface area (Å²) in [5.74, 6) is 0. The molecule has 3 fully saturated rings. The quantitative estimate of drug-likeness (QED) is 0.419. The zero-order valence-corrected chi connectivity index (χ0v) is 4.28. The van der Waals surface area contributed by atoms with Crippen LogP contribution in [-0.2, 0) is 0 Å². The molecule has 0 spiro atoms. The first-order valence-electron chi connectivity index (χ1n) is 2.92. The average Bonchev–Trinajstić information content (AvgIpc) is 1.67. The van der Waals surface area contributed by atoms with Crippen LogP contribution < -0.4 is 10.6 Å². The van der Waals surface area contributed by atoms with Crippen molar-refractivity contribution in [3.8, 4) is 0 Å². The maximum atomic E-state index is 3.42. The lowest BCUT2D eigenvalue weighted by molar-refractivity contribution is 0.201. The molecule has 0 unspecified atom stereocenters. The molecular weight excluding hydrogens is 88.1 g/mol. The fraction of sp³-hybridized carbons (Fsp3) is 1.00. The van der Waals surface area contributed by atoms with Gasteiger partial charge in [0.1, 0.15) is 0 Å². The summed E-state index contributed by atoms with van der Waals surface area (Å²) >= 11 is 0. The zero-order valence-electron chi connectivity index (χ0n) is 4.28. The van der Waals surface area contributed by atoms with Crippen LogP contribution in [0.5, 0.6) is 0 Å². The molecule has 3 aliphatic heterocycles. The van der Waals surface area contributed by atoms with Crippen molar-refractivity contribution in [2.45, 2.75) is 18.5 Å². The zero-order chi connectivity index (χ0) is 4.69. The topological polar surface area (TPSA) is 24.1 Å². The van der Waals surface area contributed by atoms with Gasteiger partial charge < -0.3 is 10.6 Å². The molecule has 3 rings (SSSR count). The van der Waals surface area contributed by atoms with E-state index in [1.54, 1.807) is 0 Å². The van der Waals surface area contributed by atoms with Crippen LogP contribution in [0.1, 0.15) is 6.42 Å². The Hall–Kier alpha value is -0.0800. The van der Waals surface area contributed by atoms with E-state index in [1.165, 1.54) is 19.5 Å². The molecule has 40 valence electrons. The van der Waals surface area contributed by atoms with E-state index in [2.05, 4.69) is 10.6 Å². The molecule has 3 aliphatic rings. The number of fused-ring (bicyclic) bond motifs is 2. The van der Waals surface area contributed by atoms with E-state index in [4.69, 9.17) is 0 Å². The third-order valence-corrected chi connectivity index (χ3v) is 1.82. The maximum Gasteiger partial charge on any atom is 0.0210 e. The molecule has 0 aromatic heterocycles. The van der Waals surface area contributed by atoms with Gasteiger partial charge in [0.05, 0.1) is 0 Å². The van der Waals surface area contributed by atoms with Crippen molar-refractivity contribution in [3.63, 3.8) is 0 Å². The van der Waals surface area contributed by atoms with Crippen molar-refractivity contribution in [3.05, 3.63) is 0 Å².